The van der Waals surface area contributed by atoms with Crippen LogP contribution in [0.25, 0.3) is 0 Å². The highest BCUT2D eigenvalue weighted by molar-refractivity contribution is 5.43. The molecule has 0 unspecified atom stereocenters. The van der Waals surface area contributed by atoms with Crippen LogP contribution in [0.2, 0.25) is 0 Å². The summed E-state index contributed by atoms with van der Waals surface area (Å²) in [5.74, 6) is 1.52. The Morgan fingerprint density at radius 1 is 1.29 bits per heavy atom. The standard InChI is InChI=1S/C11H16NO2/c1-3-14-10-5-4-9(6-7-12)8-11(10)13-2/h4-5,8,12H,3,6-7H2,1-2H3. The van der Waals surface area contributed by atoms with Crippen LogP contribution in [0.4, 0.5) is 0 Å². The van der Waals surface area contributed by atoms with Crippen LogP contribution in [0.1, 0.15) is 12.5 Å². The fourth-order valence-corrected chi connectivity index (χ4v) is 1.29. The van der Waals surface area contributed by atoms with Gasteiger partial charge >= 0.3 is 0 Å². The van der Waals surface area contributed by atoms with Crippen LogP contribution < -0.4 is 15.2 Å². The van der Waals surface area contributed by atoms with E-state index in [0.717, 1.165) is 23.5 Å². The first kappa shape index (κ1) is 10.9. The summed E-state index contributed by atoms with van der Waals surface area (Å²) in [5.41, 5.74) is 8.24. The molecule has 0 heterocycles. The highest BCUT2D eigenvalue weighted by Gasteiger charge is 2.04. The van der Waals surface area contributed by atoms with E-state index in [0.29, 0.717) is 13.2 Å². The summed E-state index contributed by atoms with van der Waals surface area (Å²) in [4.78, 5) is 0. The van der Waals surface area contributed by atoms with E-state index in [4.69, 9.17) is 15.2 Å². The fraction of sp³-hybridized carbons (Fsp3) is 0.455. The molecule has 14 heavy (non-hydrogen) atoms. The normalized spacial score (nSPS) is 9.93. The molecule has 1 aromatic carbocycles. The molecule has 0 spiro atoms. The molecule has 1 rings (SSSR count). The molecule has 0 atom stereocenters. The molecule has 3 heteroatoms. The van der Waals surface area contributed by atoms with Gasteiger partial charge in [0.1, 0.15) is 0 Å². The first-order valence-electron chi connectivity index (χ1n) is 4.76. The van der Waals surface area contributed by atoms with E-state index < -0.39 is 0 Å². The number of rotatable bonds is 5. The lowest BCUT2D eigenvalue weighted by molar-refractivity contribution is 0.310. The lowest BCUT2D eigenvalue weighted by atomic mass is 10.1. The Balaban J connectivity index is 2.87. The summed E-state index contributed by atoms with van der Waals surface area (Å²) < 4.78 is 10.6. The van der Waals surface area contributed by atoms with Crippen LogP contribution in [0.5, 0.6) is 11.5 Å². The van der Waals surface area contributed by atoms with Gasteiger partial charge in [0, 0.05) is 6.54 Å². The summed E-state index contributed by atoms with van der Waals surface area (Å²) in [6.45, 7) is 2.97. The van der Waals surface area contributed by atoms with E-state index in [-0.39, 0.29) is 0 Å². The Kier molecular flexibility index (Phi) is 4.26. The van der Waals surface area contributed by atoms with Crippen molar-refractivity contribution >= 4 is 0 Å². The van der Waals surface area contributed by atoms with Crippen molar-refractivity contribution in [2.24, 2.45) is 0 Å². The van der Waals surface area contributed by atoms with Crippen molar-refractivity contribution in [3.05, 3.63) is 23.8 Å². The van der Waals surface area contributed by atoms with Gasteiger partial charge in [-0.05, 0) is 31.0 Å². The monoisotopic (exact) mass is 194 g/mol. The third-order valence-corrected chi connectivity index (χ3v) is 1.94. The van der Waals surface area contributed by atoms with Crippen LogP contribution in [0, 0.1) is 0 Å². The van der Waals surface area contributed by atoms with Crippen LogP contribution in [0.15, 0.2) is 18.2 Å². The second kappa shape index (κ2) is 5.50. The minimum atomic E-state index is 0.400. The van der Waals surface area contributed by atoms with Crippen molar-refractivity contribution < 1.29 is 9.47 Å². The molecule has 0 aliphatic carbocycles. The third kappa shape index (κ3) is 2.64. The second-order valence-electron chi connectivity index (χ2n) is 2.92. The molecule has 1 aromatic rings. The number of nitrogens with one attached hydrogen (secondary N) is 1. The van der Waals surface area contributed by atoms with Gasteiger partial charge in [0.25, 0.3) is 0 Å². The largest absolute Gasteiger partial charge is 0.493 e. The zero-order chi connectivity index (χ0) is 10.4. The molecule has 0 fully saturated rings. The Bertz CT molecular complexity index is 287. The van der Waals surface area contributed by atoms with E-state index in [2.05, 4.69) is 0 Å². The van der Waals surface area contributed by atoms with Crippen LogP contribution in [-0.2, 0) is 6.42 Å². The smallest absolute Gasteiger partial charge is 0.161 e. The molecular weight excluding hydrogens is 178 g/mol. The summed E-state index contributed by atoms with van der Waals surface area (Å²) in [5, 5.41) is 0. The quantitative estimate of drug-likeness (QED) is 0.718. The van der Waals surface area contributed by atoms with Gasteiger partial charge in [0.05, 0.1) is 13.7 Å². The van der Waals surface area contributed by atoms with Gasteiger partial charge in [-0.15, -0.1) is 0 Å². The fourth-order valence-electron chi connectivity index (χ4n) is 1.29. The van der Waals surface area contributed by atoms with Gasteiger partial charge in [-0.2, -0.15) is 0 Å². The molecule has 1 N–H and O–H groups in total. The molecular formula is C11H16NO2. The molecule has 1 radical (unpaired) electrons. The van der Waals surface area contributed by atoms with Gasteiger partial charge in [0.15, 0.2) is 11.5 Å². The topological polar surface area (TPSA) is 42.3 Å². The lowest BCUT2D eigenvalue weighted by Crippen LogP contribution is -1.98. The molecule has 77 valence electrons. The van der Waals surface area contributed by atoms with Crippen molar-refractivity contribution in [2.45, 2.75) is 13.3 Å². The van der Waals surface area contributed by atoms with Crippen LogP contribution in [0.3, 0.4) is 0 Å². The van der Waals surface area contributed by atoms with Gasteiger partial charge < -0.3 is 9.47 Å². The Morgan fingerprint density at radius 2 is 2.07 bits per heavy atom. The van der Waals surface area contributed by atoms with E-state index in [9.17, 15) is 0 Å². The van der Waals surface area contributed by atoms with Crippen LogP contribution >= 0.6 is 0 Å². The molecule has 0 aliphatic rings. The molecule has 0 aliphatic heterocycles. The van der Waals surface area contributed by atoms with Gasteiger partial charge in [-0.1, -0.05) is 6.07 Å². The molecule has 0 aromatic heterocycles. The number of hydrogen-bond acceptors (Lipinski definition) is 2. The van der Waals surface area contributed by atoms with E-state index in [1.54, 1.807) is 7.11 Å². The average molecular weight is 194 g/mol. The Labute approximate surface area is 84.8 Å². The highest BCUT2D eigenvalue weighted by Crippen LogP contribution is 2.27. The molecule has 3 nitrogen and oxygen atoms in total. The zero-order valence-corrected chi connectivity index (χ0v) is 8.67. The predicted octanol–water partition coefficient (Wildman–Crippen LogP) is 1.92. The van der Waals surface area contributed by atoms with Crippen molar-refractivity contribution in [2.75, 3.05) is 20.3 Å². The second-order valence-corrected chi connectivity index (χ2v) is 2.92. The summed E-state index contributed by atoms with van der Waals surface area (Å²) in [7, 11) is 1.63. The first-order chi connectivity index (χ1) is 6.81. The summed E-state index contributed by atoms with van der Waals surface area (Å²) in [6.07, 6.45) is 0.753. The maximum atomic E-state index is 7.13. The van der Waals surface area contributed by atoms with Crippen LogP contribution in [-0.4, -0.2) is 20.3 Å². The van der Waals surface area contributed by atoms with E-state index in [1.165, 1.54) is 0 Å². The minimum Gasteiger partial charge on any atom is -0.493 e. The van der Waals surface area contributed by atoms with Crippen molar-refractivity contribution in [1.82, 2.24) is 5.73 Å². The molecule has 0 bridgehead atoms. The van der Waals surface area contributed by atoms with Gasteiger partial charge in [-0.3, -0.25) is 5.73 Å². The average Bonchev–Trinajstić information content (AvgIpc) is 2.21. The van der Waals surface area contributed by atoms with Crippen molar-refractivity contribution in [1.29, 1.82) is 0 Å². The Morgan fingerprint density at radius 3 is 2.64 bits per heavy atom. The minimum absolute atomic E-state index is 0.400. The van der Waals surface area contributed by atoms with E-state index >= 15 is 0 Å². The maximum Gasteiger partial charge on any atom is 0.161 e. The highest BCUT2D eigenvalue weighted by atomic mass is 16.5. The SMILES string of the molecule is CCOc1ccc(CC[NH])cc1OC. The predicted molar refractivity (Wildman–Crippen MR) is 55.8 cm³/mol. The van der Waals surface area contributed by atoms with Gasteiger partial charge in [-0.25, -0.2) is 0 Å². The number of methoxy groups -OCH3 is 1. The third-order valence-electron chi connectivity index (χ3n) is 1.94. The number of hydrogen-bond donors (Lipinski definition) is 0. The Hall–Kier alpha value is -1.22. The zero-order valence-electron chi connectivity index (χ0n) is 8.67. The van der Waals surface area contributed by atoms with E-state index in [1.807, 2.05) is 25.1 Å². The number of ether oxygens (including phenoxy) is 2. The lowest BCUT2D eigenvalue weighted by Gasteiger charge is -2.10. The number of benzene rings is 1. The first-order valence-corrected chi connectivity index (χ1v) is 4.76. The molecule has 0 saturated heterocycles. The summed E-state index contributed by atoms with van der Waals surface area (Å²) >= 11 is 0. The molecule has 0 saturated carbocycles. The maximum absolute atomic E-state index is 7.13. The summed E-state index contributed by atoms with van der Waals surface area (Å²) in [6, 6.07) is 5.80. The van der Waals surface area contributed by atoms with Gasteiger partial charge in [0.2, 0.25) is 0 Å². The van der Waals surface area contributed by atoms with Crippen molar-refractivity contribution in [3.63, 3.8) is 0 Å². The molecule has 0 amide bonds. The van der Waals surface area contributed by atoms with Crippen molar-refractivity contribution in [3.8, 4) is 11.5 Å².